The topological polar surface area (TPSA) is 106 Å². The third-order valence-electron chi connectivity index (χ3n) is 6.43. The molecule has 13 heteroatoms. The monoisotopic (exact) mass is 619 g/mol. The van der Waals surface area contributed by atoms with Crippen LogP contribution in [0.15, 0.2) is 56.7 Å². The number of ether oxygens (including phenoxy) is 2. The van der Waals surface area contributed by atoms with E-state index in [1.165, 1.54) is 55.2 Å². The summed E-state index contributed by atoms with van der Waals surface area (Å²) in [6, 6.07) is 3.62. The molecule has 1 saturated heterocycles. The normalized spacial score (nSPS) is 18.2. The molecule has 1 fully saturated rings. The Morgan fingerprint density at radius 3 is 2.58 bits per heavy atom. The van der Waals surface area contributed by atoms with E-state index < -0.39 is 23.8 Å². The van der Waals surface area contributed by atoms with Gasteiger partial charge in [-0.25, -0.2) is 23.9 Å². The number of methoxy groups -OCH3 is 2. The number of benzene rings is 1. The highest BCUT2D eigenvalue weighted by Crippen LogP contribution is 2.40. The van der Waals surface area contributed by atoms with Gasteiger partial charge in [0.25, 0.3) is 0 Å². The Balaban J connectivity index is 1.49. The van der Waals surface area contributed by atoms with Crippen molar-refractivity contribution in [2.75, 3.05) is 32.2 Å². The van der Waals surface area contributed by atoms with Crippen molar-refractivity contribution in [3.05, 3.63) is 73.0 Å². The second-order valence-electron chi connectivity index (χ2n) is 8.59. The molecule has 2 aliphatic rings. The number of allylic oxidation sites excluding steroid dienone is 1. The predicted octanol–water partition coefficient (Wildman–Crippen LogP) is 4.72. The van der Waals surface area contributed by atoms with Crippen LogP contribution in [0.2, 0.25) is 0 Å². The largest absolute Gasteiger partial charge is 0.466 e. The van der Waals surface area contributed by atoms with Crippen LogP contribution in [-0.4, -0.2) is 55.1 Å². The van der Waals surface area contributed by atoms with Gasteiger partial charge in [0, 0.05) is 40.8 Å². The van der Waals surface area contributed by atoms with E-state index in [-0.39, 0.29) is 5.92 Å². The van der Waals surface area contributed by atoms with Gasteiger partial charge >= 0.3 is 11.9 Å². The summed E-state index contributed by atoms with van der Waals surface area (Å²) in [4.78, 5) is 41.3. The smallest absolute Gasteiger partial charge is 0.349 e. The third kappa shape index (κ3) is 5.22. The molecular formula is C25H23BrFN5O4S2. The van der Waals surface area contributed by atoms with Crippen LogP contribution < -0.4 is 10.2 Å². The van der Waals surface area contributed by atoms with Gasteiger partial charge in [0.15, 0.2) is 16.0 Å². The summed E-state index contributed by atoms with van der Waals surface area (Å²) in [5, 5.41) is 6.69. The van der Waals surface area contributed by atoms with E-state index in [2.05, 4.69) is 36.1 Å². The average molecular weight is 621 g/mol. The molecule has 1 aromatic carbocycles. The minimum atomic E-state index is -0.716. The van der Waals surface area contributed by atoms with Crippen molar-refractivity contribution in [3.8, 4) is 0 Å². The Labute approximate surface area is 234 Å². The number of hydrogen-bond acceptors (Lipinski definition) is 11. The molecule has 0 radical (unpaired) electrons. The maximum atomic E-state index is 13.9. The van der Waals surface area contributed by atoms with Gasteiger partial charge in [-0.15, -0.1) is 11.3 Å². The molecule has 3 aromatic rings. The number of halogens is 2. The molecule has 1 atom stereocenters. The summed E-state index contributed by atoms with van der Waals surface area (Å²) in [5.41, 5.74) is 1.77. The van der Waals surface area contributed by atoms with Crippen molar-refractivity contribution < 1.29 is 23.5 Å². The van der Waals surface area contributed by atoms with Crippen LogP contribution >= 0.6 is 38.6 Å². The van der Waals surface area contributed by atoms with Gasteiger partial charge in [-0.2, -0.15) is 0 Å². The maximum Gasteiger partial charge on any atom is 0.349 e. The van der Waals surface area contributed by atoms with E-state index in [4.69, 9.17) is 14.5 Å². The Bertz CT molecular complexity index is 1420. The van der Waals surface area contributed by atoms with Crippen LogP contribution in [0.3, 0.4) is 0 Å². The number of carbonyl (C=O) groups is 2. The third-order valence-corrected chi connectivity index (χ3v) is 8.93. The Morgan fingerprint density at radius 1 is 1.16 bits per heavy atom. The highest BCUT2D eigenvalue weighted by atomic mass is 79.9. The van der Waals surface area contributed by atoms with Crippen molar-refractivity contribution in [3.63, 3.8) is 0 Å². The molecule has 1 unspecified atom stereocenters. The molecule has 0 spiro atoms. The molecule has 1 N–H and O–H groups in total. The molecular weight excluding hydrogens is 597 g/mol. The summed E-state index contributed by atoms with van der Waals surface area (Å²) in [5.74, 6) is -0.760. The van der Waals surface area contributed by atoms with Gasteiger partial charge in [-0.3, -0.25) is 4.99 Å². The highest BCUT2D eigenvalue weighted by molar-refractivity contribution is 9.10. The van der Waals surface area contributed by atoms with Crippen LogP contribution in [0.25, 0.3) is 0 Å². The molecule has 2 aliphatic heterocycles. The highest BCUT2D eigenvalue weighted by Gasteiger charge is 2.37. The zero-order chi connectivity index (χ0) is 26.8. The zero-order valence-electron chi connectivity index (χ0n) is 20.4. The van der Waals surface area contributed by atoms with Gasteiger partial charge in [0.2, 0.25) is 0 Å². The molecule has 0 amide bonds. The van der Waals surface area contributed by atoms with Gasteiger partial charge in [0.05, 0.1) is 26.0 Å². The van der Waals surface area contributed by atoms with Crippen molar-refractivity contribution in [1.82, 2.24) is 15.3 Å². The summed E-state index contributed by atoms with van der Waals surface area (Å²) in [6.45, 7) is 1.35. The van der Waals surface area contributed by atoms with Crippen LogP contribution in [-0.2, 0) is 14.3 Å². The van der Waals surface area contributed by atoms with Gasteiger partial charge < -0.3 is 19.7 Å². The molecule has 0 bridgehead atoms. The van der Waals surface area contributed by atoms with Gasteiger partial charge in [0.1, 0.15) is 16.7 Å². The van der Waals surface area contributed by atoms with Crippen molar-refractivity contribution in [2.45, 2.75) is 18.9 Å². The summed E-state index contributed by atoms with van der Waals surface area (Å²) >= 11 is 6.18. The first-order valence-electron chi connectivity index (χ1n) is 11.7. The zero-order valence-corrected chi connectivity index (χ0v) is 23.7. The van der Waals surface area contributed by atoms with Crippen molar-refractivity contribution in [2.24, 2.45) is 10.9 Å². The number of aromatic nitrogens is 2. The lowest BCUT2D eigenvalue weighted by Crippen LogP contribution is -2.41. The molecule has 0 saturated carbocycles. The minimum Gasteiger partial charge on any atom is -0.466 e. The summed E-state index contributed by atoms with van der Waals surface area (Å²) in [6.07, 6.45) is 4.67. The SMILES string of the molecule is COC(=O)C1=C(C2CCN(c3ncc(C(=O)OC)s3)CC2)NC(c2nccs2)=NC1c1ccc(F)cc1Br. The number of nitrogens with one attached hydrogen (secondary N) is 1. The molecule has 198 valence electrons. The van der Waals surface area contributed by atoms with E-state index in [1.807, 2.05) is 5.38 Å². The van der Waals surface area contributed by atoms with Crippen LogP contribution in [0.4, 0.5) is 9.52 Å². The predicted molar refractivity (Wildman–Crippen MR) is 146 cm³/mol. The quantitative estimate of drug-likeness (QED) is 0.395. The first-order valence-corrected chi connectivity index (χ1v) is 14.2. The average Bonchev–Trinajstić information content (AvgIpc) is 3.65. The van der Waals surface area contributed by atoms with Gasteiger partial charge in [-0.1, -0.05) is 33.3 Å². The Hall–Kier alpha value is -3.16. The number of rotatable bonds is 6. The lowest BCUT2D eigenvalue weighted by Gasteiger charge is -2.36. The first kappa shape index (κ1) is 26.4. The van der Waals surface area contributed by atoms with Crippen molar-refractivity contribution in [1.29, 1.82) is 0 Å². The lowest BCUT2D eigenvalue weighted by molar-refractivity contribution is -0.136. The van der Waals surface area contributed by atoms with E-state index >= 15 is 0 Å². The number of nitrogens with zero attached hydrogens (tertiary/aromatic N) is 4. The maximum absolute atomic E-state index is 13.9. The number of esters is 2. The summed E-state index contributed by atoms with van der Waals surface area (Å²) < 4.78 is 24.4. The number of thiazole rings is 2. The molecule has 4 heterocycles. The van der Waals surface area contributed by atoms with Crippen LogP contribution in [0.5, 0.6) is 0 Å². The first-order chi connectivity index (χ1) is 18.4. The molecule has 2 aromatic heterocycles. The lowest BCUT2D eigenvalue weighted by atomic mass is 9.86. The fraction of sp³-hybridized carbons (Fsp3) is 0.320. The molecule has 38 heavy (non-hydrogen) atoms. The van der Waals surface area contributed by atoms with E-state index in [0.29, 0.717) is 44.4 Å². The standard InChI is InChI=1S/C25H23BrFN5O4S2/c1-35-23(33)17-12-29-25(38-17)32-8-5-13(6-9-32)19-18(24(34)36-2)20(15-4-3-14(27)11-16(15)26)31-21(30-19)22-28-7-10-37-22/h3-4,7,10-13,20H,5-6,8-9H2,1-2H3,(H,30,31). The number of piperidine rings is 1. The number of hydrogen-bond donors (Lipinski definition) is 1. The fourth-order valence-electron chi connectivity index (χ4n) is 4.58. The second-order valence-corrected chi connectivity index (χ2v) is 11.3. The number of carbonyl (C=O) groups excluding carboxylic acids is 2. The van der Waals surface area contributed by atoms with E-state index in [1.54, 1.807) is 12.3 Å². The minimum absolute atomic E-state index is 0.00687. The number of aliphatic imine (C=N–C) groups is 1. The molecule has 5 rings (SSSR count). The van der Waals surface area contributed by atoms with Crippen LogP contribution in [0, 0.1) is 11.7 Å². The Morgan fingerprint density at radius 2 is 1.92 bits per heavy atom. The van der Waals surface area contributed by atoms with E-state index in [9.17, 15) is 14.0 Å². The molecule has 9 nitrogen and oxygen atoms in total. The summed E-state index contributed by atoms with van der Waals surface area (Å²) in [7, 11) is 2.69. The fourth-order valence-corrected chi connectivity index (χ4v) is 6.63. The van der Waals surface area contributed by atoms with Crippen LogP contribution in [0.1, 0.15) is 39.1 Å². The second kappa shape index (κ2) is 11.3. The van der Waals surface area contributed by atoms with Gasteiger partial charge in [-0.05, 0) is 30.5 Å². The Kier molecular flexibility index (Phi) is 7.86. The van der Waals surface area contributed by atoms with E-state index in [0.717, 1.165) is 23.7 Å². The van der Waals surface area contributed by atoms with Crippen molar-refractivity contribution >= 4 is 61.5 Å². The number of amidine groups is 1. The number of anilines is 1. The molecule has 0 aliphatic carbocycles.